The predicted molar refractivity (Wildman–Crippen MR) is 159 cm³/mol. The summed E-state index contributed by atoms with van der Waals surface area (Å²) in [6.45, 7) is 6.94. The Morgan fingerprint density at radius 1 is 0.795 bits per heavy atom. The van der Waals surface area contributed by atoms with Gasteiger partial charge in [-0.3, -0.25) is 9.59 Å². The molecule has 2 fully saturated rings. The van der Waals surface area contributed by atoms with Crippen molar-refractivity contribution in [2.75, 3.05) is 44.9 Å². The summed E-state index contributed by atoms with van der Waals surface area (Å²) in [6, 6.07) is 0. The Morgan fingerprint density at radius 3 is 1.68 bits per heavy atom. The lowest BCUT2D eigenvalue weighted by molar-refractivity contribution is -0.134. The Labute approximate surface area is 256 Å². The van der Waals surface area contributed by atoms with Crippen LogP contribution in [0.1, 0.15) is 60.9 Å². The van der Waals surface area contributed by atoms with Gasteiger partial charge in [-0.05, 0) is 58.3 Å². The summed E-state index contributed by atoms with van der Waals surface area (Å²) in [5.74, 6) is 3.34. The molecule has 0 atom stereocenters. The van der Waals surface area contributed by atoms with Crippen LogP contribution in [0.15, 0.2) is 32.7 Å². The molecule has 2 amide bonds. The average Bonchev–Trinajstić information content (AvgIpc) is 3.82. The fourth-order valence-corrected chi connectivity index (χ4v) is 5.86. The fraction of sp³-hybridized carbons (Fsp3) is 0.630. The summed E-state index contributed by atoms with van der Waals surface area (Å²) in [7, 11) is -0.921. The molecule has 4 aromatic heterocycles. The number of likely N-dealkylation sites (tertiary alicyclic amines) is 2. The zero-order valence-corrected chi connectivity index (χ0v) is 26.7. The maximum atomic E-state index is 12.5. The van der Waals surface area contributed by atoms with Gasteiger partial charge < -0.3 is 18.8 Å². The predicted octanol–water partition coefficient (Wildman–Crippen LogP) is 1.80. The van der Waals surface area contributed by atoms with Crippen molar-refractivity contribution >= 4 is 21.8 Å². The number of amides is 2. The third-order valence-electron chi connectivity index (χ3n) is 7.69. The standard InChI is InChI=1S/C15H24N6O2S.C12H16N6O2/c1-11-16-15(23-18-11)12-5-7-20(8-6-12)14(22)10-21-9-13(17-19-21)24(2,3)4;1-9-14-12(20-15-9)10-2-5-17(6-3-10)11(19)8-18-7-4-13-16-18/h9,12H,5-8,10H2,1-4H3;4,7,10H,2-3,5-6,8H2,1H3. The third kappa shape index (κ3) is 8.06. The summed E-state index contributed by atoms with van der Waals surface area (Å²) in [6.07, 6.45) is 15.0. The molecule has 2 saturated heterocycles. The van der Waals surface area contributed by atoms with Gasteiger partial charge in [0.1, 0.15) is 18.1 Å². The number of nitrogens with zero attached hydrogens (tertiary/aromatic N) is 12. The molecule has 4 aromatic rings. The van der Waals surface area contributed by atoms with E-state index in [0.717, 1.165) is 30.7 Å². The molecule has 0 saturated carbocycles. The van der Waals surface area contributed by atoms with Gasteiger partial charge in [0.15, 0.2) is 11.6 Å². The molecule has 17 heteroatoms. The lowest BCUT2D eigenvalue weighted by Crippen LogP contribution is -2.39. The minimum atomic E-state index is -0.921. The van der Waals surface area contributed by atoms with Gasteiger partial charge in [-0.25, -0.2) is 19.4 Å². The fourth-order valence-electron chi connectivity index (χ4n) is 5.14. The van der Waals surface area contributed by atoms with Gasteiger partial charge in [-0.15, -0.1) is 10.2 Å². The molecule has 0 radical (unpaired) electrons. The topological polar surface area (TPSA) is 180 Å². The van der Waals surface area contributed by atoms with Gasteiger partial charge >= 0.3 is 0 Å². The lowest BCUT2D eigenvalue weighted by Gasteiger charge is -2.30. The molecule has 16 nitrogen and oxygen atoms in total. The van der Waals surface area contributed by atoms with E-state index >= 15 is 0 Å². The Hall–Kier alpha value is -4.15. The number of hydrogen-bond donors (Lipinski definition) is 0. The van der Waals surface area contributed by atoms with Crippen LogP contribution < -0.4 is 0 Å². The summed E-state index contributed by atoms with van der Waals surface area (Å²) < 4.78 is 13.6. The molecular formula is C27H40N12O4S. The number of aromatic nitrogens is 10. The van der Waals surface area contributed by atoms with Crippen molar-refractivity contribution < 1.29 is 18.6 Å². The quantitative estimate of drug-likeness (QED) is 0.290. The molecule has 44 heavy (non-hydrogen) atoms. The number of aryl methyl sites for hydroxylation is 2. The number of carbonyl (C=O) groups is 2. The van der Waals surface area contributed by atoms with Gasteiger partial charge in [0.2, 0.25) is 23.6 Å². The maximum Gasteiger partial charge on any atom is 0.244 e. The largest absolute Gasteiger partial charge is 0.341 e. The second kappa shape index (κ2) is 13.7. The molecule has 2 aliphatic rings. The summed E-state index contributed by atoms with van der Waals surface area (Å²) in [4.78, 5) is 36.9. The van der Waals surface area contributed by atoms with E-state index in [1.54, 1.807) is 17.1 Å². The Kier molecular flexibility index (Phi) is 9.71. The van der Waals surface area contributed by atoms with E-state index in [9.17, 15) is 9.59 Å². The molecule has 238 valence electrons. The summed E-state index contributed by atoms with van der Waals surface area (Å²) in [5.41, 5.74) is 0. The average molecular weight is 629 g/mol. The maximum absolute atomic E-state index is 12.5. The van der Waals surface area contributed by atoms with Crippen LogP contribution >= 0.6 is 10.0 Å². The highest BCUT2D eigenvalue weighted by atomic mass is 32.3. The van der Waals surface area contributed by atoms with E-state index in [4.69, 9.17) is 9.05 Å². The number of piperidine rings is 2. The first-order chi connectivity index (χ1) is 21.0. The van der Waals surface area contributed by atoms with Crippen LogP contribution in [0.5, 0.6) is 0 Å². The SMILES string of the molecule is Cc1noc(C2CCN(C(=O)Cn3cc(S(C)(C)C)nn3)CC2)n1.Cc1noc(C2CCN(C(=O)Cn3ccnn3)CC2)n1. The second-order valence-electron chi connectivity index (χ2n) is 11.9. The third-order valence-corrected chi connectivity index (χ3v) is 9.13. The molecule has 0 spiro atoms. The van der Waals surface area contributed by atoms with Crippen LogP contribution in [0.3, 0.4) is 0 Å². The lowest BCUT2D eigenvalue weighted by atomic mass is 9.97. The monoisotopic (exact) mass is 628 g/mol. The highest BCUT2D eigenvalue weighted by molar-refractivity contribution is 8.32. The van der Waals surface area contributed by atoms with Crippen molar-refractivity contribution in [3.63, 3.8) is 0 Å². The van der Waals surface area contributed by atoms with Crippen molar-refractivity contribution in [2.45, 2.75) is 69.5 Å². The highest BCUT2D eigenvalue weighted by Gasteiger charge is 2.28. The number of rotatable bonds is 7. The normalized spacial score (nSPS) is 16.9. The molecule has 0 aliphatic carbocycles. The zero-order valence-electron chi connectivity index (χ0n) is 25.9. The molecule has 0 bridgehead atoms. The van der Waals surface area contributed by atoms with E-state index in [0.29, 0.717) is 49.6 Å². The molecule has 2 aliphatic heterocycles. The summed E-state index contributed by atoms with van der Waals surface area (Å²) >= 11 is 0. The van der Waals surface area contributed by atoms with Crippen LogP contribution in [0.25, 0.3) is 0 Å². The van der Waals surface area contributed by atoms with Gasteiger partial charge in [0, 0.05) is 44.2 Å². The molecule has 6 rings (SSSR count). The van der Waals surface area contributed by atoms with Crippen LogP contribution in [-0.2, 0) is 22.7 Å². The Morgan fingerprint density at radius 2 is 1.30 bits per heavy atom. The van der Waals surface area contributed by atoms with Crippen LogP contribution in [0.2, 0.25) is 0 Å². The second-order valence-corrected chi connectivity index (χ2v) is 16.0. The molecule has 6 heterocycles. The van der Waals surface area contributed by atoms with Crippen molar-refractivity contribution in [2.24, 2.45) is 0 Å². The molecule has 0 unspecified atom stereocenters. The number of carbonyl (C=O) groups excluding carboxylic acids is 2. The molecule has 0 N–H and O–H groups in total. The zero-order chi connectivity index (χ0) is 31.3. The van der Waals surface area contributed by atoms with E-state index in [1.165, 1.54) is 4.68 Å². The van der Waals surface area contributed by atoms with Crippen molar-refractivity contribution in [1.29, 1.82) is 0 Å². The smallest absolute Gasteiger partial charge is 0.244 e. The van der Waals surface area contributed by atoms with Crippen molar-refractivity contribution in [3.05, 3.63) is 42.0 Å². The van der Waals surface area contributed by atoms with Gasteiger partial charge in [-0.2, -0.15) is 9.97 Å². The van der Waals surface area contributed by atoms with Crippen LogP contribution in [0, 0.1) is 13.8 Å². The van der Waals surface area contributed by atoms with Crippen LogP contribution in [0.4, 0.5) is 0 Å². The minimum Gasteiger partial charge on any atom is -0.341 e. The first-order valence-corrected chi connectivity index (χ1v) is 17.5. The Balaban J connectivity index is 0.000000177. The van der Waals surface area contributed by atoms with Gasteiger partial charge in [0.25, 0.3) is 0 Å². The highest BCUT2D eigenvalue weighted by Crippen LogP contribution is 2.43. The van der Waals surface area contributed by atoms with Crippen LogP contribution in [-0.4, -0.2) is 117 Å². The van der Waals surface area contributed by atoms with Crippen molar-refractivity contribution in [3.8, 4) is 0 Å². The summed E-state index contributed by atoms with van der Waals surface area (Å²) in [5, 5.41) is 24.4. The van der Waals surface area contributed by atoms with E-state index in [2.05, 4.69) is 59.7 Å². The van der Waals surface area contributed by atoms with Gasteiger partial charge in [0.05, 0.1) is 12.4 Å². The Bertz CT molecular complexity index is 1510. The first-order valence-electron chi connectivity index (χ1n) is 14.6. The molecule has 0 aromatic carbocycles. The number of hydrogen-bond acceptors (Lipinski definition) is 12. The molecular weight excluding hydrogens is 588 g/mol. The first kappa shape index (κ1) is 31.3. The van der Waals surface area contributed by atoms with E-state index in [-0.39, 0.29) is 36.7 Å². The van der Waals surface area contributed by atoms with E-state index < -0.39 is 10.0 Å². The van der Waals surface area contributed by atoms with Crippen molar-refractivity contribution in [1.82, 2.24) is 60.1 Å². The van der Waals surface area contributed by atoms with E-state index in [1.807, 2.05) is 29.8 Å². The minimum absolute atomic E-state index is 0.0654. The van der Waals surface area contributed by atoms with Gasteiger partial charge in [-0.1, -0.05) is 20.7 Å².